The number of hydrogen-bond acceptors (Lipinski definition) is 2. The molecule has 1 fully saturated rings. The van der Waals surface area contributed by atoms with Gasteiger partial charge in [-0.25, -0.2) is 0 Å². The van der Waals surface area contributed by atoms with Crippen molar-refractivity contribution in [3.8, 4) is 0 Å². The second-order valence-electron chi connectivity index (χ2n) is 8.25. The van der Waals surface area contributed by atoms with Crippen LogP contribution in [0.5, 0.6) is 0 Å². The summed E-state index contributed by atoms with van der Waals surface area (Å²) in [5.74, 6) is 0. The van der Waals surface area contributed by atoms with Crippen LogP contribution in [-0.4, -0.2) is 111 Å². The third-order valence-corrected chi connectivity index (χ3v) is 5.66. The molecule has 1 rings (SSSR count). The molecule has 0 saturated carbocycles. The smallest absolute Gasteiger partial charge is 0.0971 e. The summed E-state index contributed by atoms with van der Waals surface area (Å²) in [7, 11) is 4.61. The lowest BCUT2D eigenvalue weighted by atomic mass is 10.2. The fraction of sp³-hybridized carbons (Fsp3) is 0.636. The van der Waals surface area contributed by atoms with E-state index in [1.807, 2.05) is 24.3 Å². The van der Waals surface area contributed by atoms with E-state index in [9.17, 15) is 0 Å². The molecule has 0 aromatic rings. The minimum Gasteiger partial charge on any atom is -0.319 e. The molecule has 0 aromatic heterocycles. The number of likely N-dealkylation sites (N-methyl/N-ethyl adjacent to an activating group) is 2. The van der Waals surface area contributed by atoms with E-state index in [0.29, 0.717) is 0 Å². The van der Waals surface area contributed by atoms with Crippen molar-refractivity contribution in [2.45, 2.75) is 0 Å². The first-order valence-corrected chi connectivity index (χ1v) is 9.96. The Balaban J connectivity index is 2.37. The van der Waals surface area contributed by atoms with Gasteiger partial charge in [0.15, 0.2) is 0 Å². The van der Waals surface area contributed by atoms with Crippen molar-refractivity contribution in [3.63, 3.8) is 0 Å². The summed E-state index contributed by atoms with van der Waals surface area (Å²) in [6.07, 6.45) is 8.12. The van der Waals surface area contributed by atoms with Gasteiger partial charge in [-0.2, -0.15) is 0 Å². The zero-order valence-corrected chi connectivity index (χ0v) is 17.4. The molecule has 148 valence electrons. The molecule has 0 amide bonds. The lowest BCUT2D eigenvalue weighted by Crippen LogP contribution is -2.54. The molecular formula is C22H42N4+2. The van der Waals surface area contributed by atoms with Crippen molar-refractivity contribution in [3.05, 3.63) is 50.6 Å². The maximum atomic E-state index is 3.92. The molecule has 0 radical (unpaired) electrons. The van der Waals surface area contributed by atoms with E-state index in [1.54, 1.807) is 0 Å². The number of hydrogen-bond donors (Lipinski definition) is 0. The molecule has 0 aliphatic carbocycles. The molecule has 0 bridgehead atoms. The Morgan fingerprint density at radius 2 is 0.885 bits per heavy atom. The predicted octanol–water partition coefficient (Wildman–Crippen LogP) is 2.24. The second kappa shape index (κ2) is 11.5. The molecule has 4 heteroatoms. The highest BCUT2D eigenvalue weighted by atomic mass is 15.4. The van der Waals surface area contributed by atoms with Gasteiger partial charge in [0.05, 0.1) is 53.4 Å². The SMILES string of the molecule is C=CC[N+](C)(CC=C)CCN1CCN(CC[N+](C)(CC=C)CC=C)CC1. The molecule has 0 aromatic carbocycles. The van der Waals surface area contributed by atoms with Crippen molar-refractivity contribution < 1.29 is 8.97 Å². The van der Waals surface area contributed by atoms with Crippen LogP contribution in [0.15, 0.2) is 50.6 Å². The highest BCUT2D eigenvalue weighted by Crippen LogP contribution is 2.09. The summed E-state index contributed by atoms with van der Waals surface area (Å²) in [5.41, 5.74) is 0. The average Bonchev–Trinajstić information content (AvgIpc) is 2.60. The van der Waals surface area contributed by atoms with Gasteiger partial charge in [0, 0.05) is 39.3 Å². The first-order chi connectivity index (χ1) is 12.4. The van der Waals surface area contributed by atoms with Crippen LogP contribution >= 0.6 is 0 Å². The normalized spacial score (nSPS) is 17.0. The van der Waals surface area contributed by atoms with Crippen molar-refractivity contribution >= 4 is 0 Å². The highest BCUT2D eigenvalue weighted by Gasteiger charge is 2.24. The maximum Gasteiger partial charge on any atom is 0.0971 e. The van der Waals surface area contributed by atoms with E-state index >= 15 is 0 Å². The van der Waals surface area contributed by atoms with Crippen LogP contribution in [-0.2, 0) is 0 Å². The Hall–Kier alpha value is -1.20. The lowest BCUT2D eigenvalue weighted by molar-refractivity contribution is -0.898. The zero-order valence-electron chi connectivity index (χ0n) is 17.4. The summed E-state index contributed by atoms with van der Waals surface area (Å²) in [5, 5.41) is 0. The topological polar surface area (TPSA) is 6.48 Å². The highest BCUT2D eigenvalue weighted by molar-refractivity contribution is 4.76. The molecule has 0 N–H and O–H groups in total. The monoisotopic (exact) mass is 362 g/mol. The molecule has 1 saturated heterocycles. The van der Waals surface area contributed by atoms with Gasteiger partial charge in [-0.3, -0.25) is 9.80 Å². The van der Waals surface area contributed by atoms with Gasteiger partial charge in [-0.05, 0) is 24.3 Å². The van der Waals surface area contributed by atoms with E-state index in [2.05, 4.69) is 50.2 Å². The van der Waals surface area contributed by atoms with Gasteiger partial charge in [0.25, 0.3) is 0 Å². The molecule has 26 heavy (non-hydrogen) atoms. The molecule has 1 aliphatic heterocycles. The van der Waals surface area contributed by atoms with Crippen LogP contribution in [0.3, 0.4) is 0 Å². The largest absolute Gasteiger partial charge is 0.319 e. The number of nitrogens with zero attached hydrogens (tertiary/aromatic N) is 4. The summed E-state index contributed by atoms with van der Waals surface area (Å²) < 4.78 is 2.01. The van der Waals surface area contributed by atoms with Gasteiger partial charge >= 0.3 is 0 Å². The van der Waals surface area contributed by atoms with Crippen LogP contribution in [0.1, 0.15) is 0 Å². The van der Waals surface area contributed by atoms with Crippen molar-refractivity contribution in [1.29, 1.82) is 0 Å². The minimum absolute atomic E-state index is 1.01. The van der Waals surface area contributed by atoms with Gasteiger partial charge in [0.2, 0.25) is 0 Å². The van der Waals surface area contributed by atoms with Crippen LogP contribution in [0.4, 0.5) is 0 Å². The van der Waals surface area contributed by atoms with Gasteiger partial charge < -0.3 is 8.97 Å². The Bertz CT molecular complexity index is 387. The summed E-state index contributed by atoms with van der Waals surface area (Å²) in [6, 6.07) is 0. The molecule has 0 atom stereocenters. The Kier molecular flexibility index (Phi) is 10.1. The van der Waals surface area contributed by atoms with E-state index in [1.165, 1.54) is 26.2 Å². The Labute approximate surface area is 162 Å². The van der Waals surface area contributed by atoms with Crippen LogP contribution < -0.4 is 0 Å². The molecule has 1 heterocycles. The maximum absolute atomic E-state index is 3.92. The average molecular weight is 363 g/mol. The molecule has 1 aliphatic rings. The van der Waals surface area contributed by atoms with Crippen molar-refractivity contribution in [2.75, 3.05) is 92.6 Å². The first-order valence-electron chi connectivity index (χ1n) is 9.96. The quantitative estimate of drug-likeness (QED) is 0.345. The van der Waals surface area contributed by atoms with Crippen LogP contribution in [0.2, 0.25) is 0 Å². The summed E-state index contributed by atoms with van der Waals surface area (Å²) in [4.78, 5) is 5.22. The standard InChI is InChI=1S/C22H42N4/c1-7-17-25(5,18-8-2)21-15-23-11-13-24(14-12-23)16-22-26(6,19-9-3)20-10-4/h7-10H,1-4,11-22H2,5-6H3/q+2. The number of piperazine rings is 1. The zero-order chi connectivity index (χ0) is 19.5. The van der Waals surface area contributed by atoms with Gasteiger partial charge in [-0.1, -0.05) is 26.3 Å². The van der Waals surface area contributed by atoms with E-state index in [-0.39, 0.29) is 0 Å². The first kappa shape index (κ1) is 22.8. The van der Waals surface area contributed by atoms with Crippen LogP contribution in [0, 0.1) is 0 Å². The van der Waals surface area contributed by atoms with Gasteiger partial charge in [-0.15, -0.1) is 0 Å². The van der Waals surface area contributed by atoms with Crippen molar-refractivity contribution in [2.24, 2.45) is 0 Å². The minimum atomic E-state index is 1.01. The fourth-order valence-corrected chi connectivity index (χ4v) is 3.76. The summed E-state index contributed by atoms with van der Waals surface area (Å²) >= 11 is 0. The van der Waals surface area contributed by atoms with E-state index in [4.69, 9.17) is 0 Å². The third kappa shape index (κ3) is 8.00. The second-order valence-corrected chi connectivity index (χ2v) is 8.25. The predicted molar refractivity (Wildman–Crippen MR) is 115 cm³/mol. The van der Waals surface area contributed by atoms with Crippen LogP contribution in [0.25, 0.3) is 0 Å². The molecule has 0 unspecified atom stereocenters. The van der Waals surface area contributed by atoms with Crippen molar-refractivity contribution in [1.82, 2.24) is 9.80 Å². The van der Waals surface area contributed by atoms with E-state index < -0.39 is 0 Å². The lowest BCUT2D eigenvalue weighted by Gasteiger charge is -2.39. The molecule has 0 spiro atoms. The summed E-state index contributed by atoms with van der Waals surface area (Å²) in [6.45, 7) is 29.0. The Morgan fingerprint density at radius 1 is 0.615 bits per heavy atom. The Morgan fingerprint density at radius 3 is 1.12 bits per heavy atom. The fourth-order valence-electron chi connectivity index (χ4n) is 3.76. The molecular weight excluding hydrogens is 320 g/mol. The van der Waals surface area contributed by atoms with E-state index in [0.717, 1.165) is 61.3 Å². The number of rotatable bonds is 14. The number of quaternary nitrogens is 2. The third-order valence-electron chi connectivity index (χ3n) is 5.66. The van der Waals surface area contributed by atoms with Gasteiger partial charge in [0.1, 0.15) is 0 Å². The molecule has 4 nitrogen and oxygen atoms in total.